The Bertz CT molecular complexity index is 933. The molecule has 9 heteroatoms. The van der Waals surface area contributed by atoms with E-state index in [0.29, 0.717) is 6.42 Å². The topological polar surface area (TPSA) is 101 Å². The van der Waals surface area contributed by atoms with Crippen molar-refractivity contribution in [2.24, 2.45) is 17.3 Å². The van der Waals surface area contributed by atoms with E-state index in [4.69, 9.17) is 13.6 Å². The van der Waals surface area contributed by atoms with Gasteiger partial charge in [-0.2, -0.15) is 0 Å². The van der Waals surface area contributed by atoms with Crippen molar-refractivity contribution >= 4 is 34.2 Å². The number of hydrogen-bond acceptors (Lipinski definition) is 7. The third kappa shape index (κ3) is 9.11. The van der Waals surface area contributed by atoms with E-state index in [1.807, 2.05) is 20.8 Å². The molecule has 2 fully saturated rings. The van der Waals surface area contributed by atoms with Gasteiger partial charge in [0.05, 0.1) is 18.6 Å². The highest BCUT2D eigenvalue weighted by Gasteiger charge is 2.52. The molecular weight excluding hydrogens is 575 g/mol. The number of carbonyl (C=O) groups is 3. The van der Waals surface area contributed by atoms with Crippen LogP contribution in [0, 0.1) is 17.3 Å². The fraction of sp³-hybridized carbons (Fsp3) is 0.912. The van der Waals surface area contributed by atoms with E-state index in [1.54, 1.807) is 0 Å². The van der Waals surface area contributed by atoms with E-state index in [9.17, 15) is 14.4 Å². The van der Waals surface area contributed by atoms with Crippen LogP contribution in [0.1, 0.15) is 115 Å². The summed E-state index contributed by atoms with van der Waals surface area (Å²) in [4.78, 5) is 40.8. The number of carbonyl (C=O) groups excluding carboxylic acids is 3. The number of rotatable bonds is 11. The number of esters is 1. The Morgan fingerprint density at radius 1 is 0.907 bits per heavy atom. The number of ketones is 2. The van der Waals surface area contributed by atoms with Crippen molar-refractivity contribution in [2.45, 2.75) is 181 Å². The number of Topliss-reactive ketones (excluding diaryl/α,β-unsaturated/α-hetero) is 2. The predicted molar refractivity (Wildman–Crippen MR) is 180 cm³/mol. The number of hydrogen-bond donors (Lipinski definition) is 1. The lowest BCUT2D eigenvalue weighted by atomic mass is 9.73. The lowest BCUT2D eigenvalue weighted by molar-refractivity contribution is -0.159. The quantitative estimate of drug-likeness (QED) is 0.140. The Balaban J connectivity index is 2.59. The van der Waals surface area contributed by atoms with Crippen molar-refractivity contribution in [1.82, 2.24) is 5.32 Å². The largest absolute Gasteiger partial charge is 0.454 e. The second-order valence-electron chi connectivity index (χ2n) is 14.6. The van der Waals surface area contributed by atoms with Gasteiger partial charge in [0.1, 0.15) is 5.78 Å². The van der Waals surface area contributed by atoms with Gasteiger partial charge < -0.3 is 18.9 Å². The molecule has 2 heterocycles. The van der Waals surface area contributed by atoms with Crippen LogP contribution in [0.15, 0.2) is 0 Å². The Kier molecular flexibility index (Phi) is 13.9. The third-order valence-corrected chi connectivity index (χ3v) is 20.9. The Labute approximate surface area is 265 Å². The Hall–Kier alpha value is -0.876. The molecule has 0 radical (unpaired) electrons. The van der Waals surface area contributed by atoms with Crippen molar-refractivity contribution in [3.05, 3.63) is 0 Å². The first kappa shape index (κ1) is 38.3. The minimum Gasteiger partial charge on any atom is -0.454 e. The van der Waals surface area contributed by atoms with E-state index in [2.05, 4.69) is 60.7 Å². The van der Waals surface area contributed by atoms with Crippen molar-refractivity contribution in [2.75, 3.05) is 0 Å². The van der Waals surface area contributed by atoms with Gasteiger partial charge in [-0.1, -0.05) is 75.7 Å². The molecule has 2 saturated heterocycles. The summed E-state index contributed by atoms with van der Waals surface area (Å²) in [7, 11) is -4.20. The van der Waals surface area contributed by atoms with Crippen LogP contribution >= 0.6 is 0 Å². The molecule has 0 aromatic rings. The highest BCUT2D eigenvalue weighted by Crippen LogP contribution is 2.41. The fourth-order valence-corrected chi connectivity index (χ4v) is 13.4. The molecule has 0 bridgehead atoms. The molecular formula is C34H65NO6Si2. The zero-order valence-electron chi connectivity index (χ0n) is 29.7. The first-order valence-corrected chi connectivity index (χ1v) is 22.5. The predicted octanol–water partition coefficient (Wildman–Crippen LogP) is 7.83. The van der Waals surface area contributed by atoms with Gasteiger partial charge in [-0.3, -0.25) is 14.4 Å². The van der Waals surface area contributed by atoms with Crippen LogP contribution < -0.4 is 5.32 Å². The van der Waals surface area contributed by atoms with Crippen LogP contribution in [0.25, 0.3) is 0 Å². The van der Waals surface area contributed by atoms with Gasteiger partial charge in [0.2, 0.25) is 0 Å². The monoisotopic (exact) mass is 639 g/mol. The number of nitrogens with one attached hydrogen (secondary N) is 1. The Morgan fingerprint density at radius 2 is 1.42 bits per heavy atom. The second kappa shape index (κ2) is 15.6. The van der Waals surface area contributed by atoms with Gasteiger partial charge in [-0.15, -0.1) is 0 Å². The molecule has 2 unspecified atom stereocenters. The van der Waals surface area contributed by atoms with E-state index in [0.717, 1.165) is 55.5 Å². The summed E-state index contributed by atoms with van der Waals surface area (Å²) in [6, 6.07) is 5.96. The number of fused-ring (bicyclic) bond motifs is 1. The maximum Gasteiger partial charge on any atom is 0.309 e. The zero-order valence-corrected chi connectivity index (χ0v) is 31.7. The maximum absolute atomic E-state index is 14.7. The summed E-state index contributed by atoms with van der Waals surface area (Å²) in [5.41, 5.74) is -1.02. The first-order valence-electron chi connectivity index (χ1n) is 17.4. The lowest BCUT2D eigenvalue weighted by Gasteiger charge is -2.44. The van der Waals surface area contributed by atoms with Gasteiger partial charge in [-0.05, 0) is 68.9 Å². The van der Waals surface area contributed by atoms with E-state index < -0.39 is 40.2 Å². The molecule has 0 amide bonds. The third-order valence-electron chi connectivity index (χ3n) is 11.6. The minimum absolute atomic E-state index is 0.0437. The molecule has 2 aliphatic rings. The minimum atomic E-state index is -2.20. The van der Waals surface area contributed by atoms with Gasteiger partial charge in [0.25, 0.3) is 0 Å². The molecule has 7 nitrogen and oxygen atoms in total. The zero-order chi connectivity index (χ0) is 32.8. The van der Waals surface area contributed by atoms with Crippen LogP contribution in [-0.4, -0.2) is 64.1 Å². The highest BCUT2D eigenvalue weighted by atomic mass is 28.4. The molecule has 43 heavy (non-hydrogen) atoms. The molecule has 0 saturated carbocycles. The molecule has 0 aromatic carbocycles. The molecule has 2 aliphatic heterocycles. The smallest absolute Gasteiger partial charge is 0.309 e. The summed E-state index contributed by atoms with van der Waals surface area (Å²) < 4.78 is 20.1. The SMILES string of the molecule is CC[Si](CC)(CC)OC1[C@@H](C)CCC[C@@]2(C)N[C@H]2C[C@@H](C(C)=O)OC(=O)CC(O[Si](CC)(CC)CC)C(C)(C)C(=O)[C@@H]1C. The summed E-state index contributed by atoms with van der Waals surface area (Å²) in [5, 5.41) is 3.58. The standard InChI is InChI=1S/C34H65NO6Si2/c1-13-42(14-2,15-3)40-29-23-30(37)39-27(26(9)36)22-28-34(12,35-28)21-19-20-24(7)31(25(8)32(38)33(29,10)11)41-43(16-4,17-5)18-6/h24-25,27-29,31,35H,13-23H2,1-12H3/t24-,25+,27-,28-,29?,31?,34+/m0/s1. The van der Waals surface area contributed by atoms with Crippen LogP contribution in [0.4, 0.5) is 0 Å². The first-order chi connectivity index (χ1) is 20.0. The van der Waals surface area contributed by atoms with Crippen molar-refractivity contribution < 1.29 is 28.0 Å². The van der Waals surface area contributed by atoms with E-state index in [1.165, 1.54) is 6.92 Å². The van der Waals surface area contributed by atoms with Crippen molar-refractivity contribution in [3.63, 3.8) is 0 Å². The van der Waals surface area contributed by atoms with Crippen LogP contribution in [0.3, 0.4) is 0 Å². The lowest BCUT2D eigenvalue weighted by Crippen LogP contribution is -2.53. The van der Waals surface area contributed by atoms with Crippen molar-refractivity contribution in [3.8, 4) is 0 Å². The number of ether oxygens (including phenoxy) is 1. The molecule has 0 aliphatic carbocycles. The van der Waals surface area contributed by atoms with Crippen LogP contribution in [0.5, 0.6) is 0 Å². The van der Waals surface area contributed by atoms with Gasteiger partial charge >= 0.3 is 5.97 Å². The molecule has 2 rings (SSSR count). The number of cyclic esters (lactones) is 1. The summed E-state index contributed by atoms with van der Waals surface area (Å²) in [6.07, 6.45) is 1.75. The summed E-state index contributed by atoms with van der Waals surface area (Å²) in [6.45, 7) is 25.1. The molecule has 1 N–H and O–H groups in total. The Morgan fingerprint density at radius 3 is 1.91 bits per heavy atom. The summed E-state index contributed by atoms with van der Waals surface area (Å²) in [5.74, 6) is -0.648. The van der Waals surface area contributed by atoms with Crippen molar-refractivity contribution in [1.29, 1.82) is 0 Å². The average molecular weight is 640 g/mol. The van der Waals surface area contributed by atoms with Crippen LogP contribution in [0.2, 0.25) is 36.3 Å². The maximum atomic E-state index is 14.7. The molecule has 0 aromatic heterocycles. The van der Waals surface area contributed by atoms with Gasteiger partial charge in [0, 0.05) is 29.3 Å². The van der Waals surface area contributed by atoms with Crippen LogP contribution in [-0.2, 0) is 28.0 Å². The normalized spacial score (nSPS) is 33.0. The fourth-order valence-electron chi connectivity index (χ4n) is 7.39. The molecule has 0 spiro atoms. The van der Waals surface area contributed by atoms with Gasteiger partial charge in [-0.25, -0.2) is 0 Å². The van der Waals surface area contributed by atoms with E-state index in [-0.39, 0.29) is 47.5 Å². The summed E-state index contributed by atoms with van der Waals surface area (Å²) >= 11 is 0. The average Bonchev–Trinajstić information content (AvgIpc) is 3.62. The van der Waals surface area contributed by atoms with E-state index >= 15 is 0 Å². The van der Waals surface area contributed by atoms with Gasteiger partial charge in [0.15, 0.2) is 28.5 Å². The highest BCUT2D eigenvalue weighted by molar-refractivity contribution is 6.74. The molecule has 7 atom stereocenters. The molecule has 250 valence electrons. The second-order valence-corrected chi connectivity index (χ2v) is 24.0.